The Bertz CT molecular complexity index is 318. The van der Waals surface area contributed by atoms with Gasteiger partial charge in [0.05, 0.1) is 5.92 Å². The van der Waals surface area contributed by atoms with Gasteiger partial charge in [-0.15, -0.1) is 0 Å². The molecule has 0 saturated carbocycles. The molecule has 0 N–H and O–H groups in total. The fourth-order valence-corrected chi connectivity index (χ4v) is 3.85. The fraction of sp³-hybridized carbons (Fsp3) is 1.00. The molecule has 0 saturated heterocycles. The van der Waals surface area contributed by atoms with E-state index in [-0.39, 0.29) is 0 Å². The summed E-state index contributed by atoms with van der Waals surface area (Å²) in [5.41, 5.74) is 0. The summed E-state index contributed by atoms with van der Waals surface area (Å²) in [7, 11) is 0. The van der Waals surface area contributed by atoms with Crippen molar-refractivity contribution in [2.24, 2.45) is 5.92 Å². The summed E-state index contributed by atoms with van der Waals surface area (Å²) in [6.07, 6.45) is 15.4. The van der Waals surface area contributed by atoms with Gasteiger partial charge in [-0.2, -0.15) is 13.2 Å². The molecule has 0 rings (SSSR count). The highest BCUT2D eigenvalue weighted by Gasteiger charge is 2.38. The monoisotopic (exact) mass is 422 g/mol. The van der Waals surface area contributed by atoms with Gasteiger partial charge in [0.25, 0.3) is 0 Å². The molecule has 0 fully saturated rings. The Kier molecular flexibility index (Phi) is 20.8. The van der Waals surface area contributed by atoms with E-state index in [4.69, 9.17) is 4.74 Å². The zero-order valence-corrected chi connectivity index (χ0v) is 19.5. The van der Waals surface area contributed by atoms with Gasteiger partial charge in [-0.05, 0) is 25.7 Å². The summed E-state index contributed by atoms with van der Waals surface area (Å²) in [6, 6.07) is 0. The highest BCUT2D eigenvalue weighted by atomic mass is 19.4. The number of rotatable bonds is 22. The lowest BCUT2D eigenvalue weighted by atomic mass is 9.94. The van der Waals surface area contributed by atoms with Crippen molar-refractivity contribution in [1.82, 2.24) is 0 Å². The lowest BCUT2D eigenvalue weighted by Gasteiger charge is -2.20. The lowest BCUT2D eigenvalue weighted by molar-refractivity contribution is -0.178. The minimum Gasteiger partial charge on any atom is -0.381 e. The molecule has 0 aliphatic rings. The SMILES string of the molecule is CCCCCCCCCC(CCCCCCOCCCCCCCC)C(F)(F)F. The Morgan fingerprint density at radius 3 is 1.24 bits per heavy atom. The molecule has 1 nitrogen and oxygen atoms in total. The molecule has 0 aliphatic carbocycles. The van der Waals surface area contributed by atoms with Gasteiger partial charge in [0.2, 0.25) is 0 Å². The predicted molar refractivity (Wildman–Crippen MR) is 119 cm³/mol. The van der Waals surface area contributed by atoms with E-state index in [9.17, 15) is 13.2 Å². The first-order chi connectivity index (χ1) is 14.0. The Balaban J connectivity index is 3.55. The van der Waals surface area contributed by atoms with Crippen LogP contribution in [0.1, 0.15) is 136 Å². The first-order valence-corrected chi connectivity index (χ1v) is 12.7. The minimum atomic E-state index is -4.03. The molecule has 1 unspecified atom stereocenters. The van der Waals surface area contributed by atoms with Gasteiger partial charge in [-0.3, -0.25) is 0 Å². The van der Waals surface area contributed by atoms with Crippen LogP contribution in [0, 0.1) is 5.92 Å². The van der Waals surface area contributed by atoms with Gasteiger partial charge in [-0.25, -0.2) is 0 Å². The van der Waals surface area contributed by atoms with Crippen molar-refractivity contribution in [3.05, 3.63) is 0 Å². The number of hydrogen-bond acceptors (Lipinski definition) is 1. The maximum Gasteiger partial charge on any atom is 0.391 e. The number of unbranched alkanes of at least 4 members (excludes halogenated alkanes) is 14. The highest BCUT2D eigenvalue weighted by Crippen LogP contribution is 2.34. The van der Waals surface area contributed by atoms with Crippen molar-refractivity contribution in [3.63, 3.8) is 0 Å². The third-order valence-corrected chi connectivity index (χ3v) is 5.85. The smallest absolute Gasteiger partial charge is 0.381 e. The third kappa shape index (κ3) is 20.8. The first-order valence-electron chi connectivity index (χ1n) is 12.7. The van der Waals surface area contributed by atoms with Crippen LogP contribution in [0.3, 0.4) is 0 Å². The molecule has 0 bridgehead atoms. The van der Waals surface area contributed by atoms with Gasteiger partial charge in [0, 0.05) is 13.2 Å². The second kappa shape index (κ2) is 21.0. The molecule has 0 heterocycles. The number of alkyl halides is 3. The Morgan fingerprint density at radius 1 is 0.517 bits per heavy atom. The Labute approximate surface area is 179 Å². The lowest BCUT2D eigenvalue weighted by Crippen LogP contribution is -2.22. The van der Waals surface area contributed by atoms with Crippen molar-refractivity contribution >= 4 is 0 Å². The molecule has 0 radical (unpaired) electrons. The second-order valence-corrected chi connectivity index (χ2v) is 8.73. The molecule has 0 aromatic rings. The summed E-state index contributed by atoms with van der Waals surface area (Å²) in [6.45, 7) is 6.00. The van der Waals surface area contributed by atoms with E-state index in [1.54, 1.807) is 0 Å². The van der Waals surface area contributed by atoms with Crippen LogP contribution in [-0.2, 0) is 4.74 Å². The van der Waals surface area contributed by atoms with E-state index in [2.05, 4.69) is 13.8 Å². The fourth-order valence-electron chi connectivity index (χ4n) is 3.85. The van der Waals surface area contributed by atoms with E-state index >= 15 is 0 Å². The molecule has 176 valence electrons. The van der Waals surface area contributed by atoms with E-state index in [0.717, 1.165) is 58.2 Å². The summed E-state index contributed by atoms with van der Waals surface area (Å²) in [4.78, 5) is 0. The van der Waals surface area contributed by atoms with E-state index in [1.807, 2.05) is 0 Å². The van der Waals surface area contributed by atoms with Crippen molar-refractivity contribution in [3.8, 4) is 0 Å². The zero-order chi connectivity index (χ0) is 21.6. The molecule has 0 aromatic carbocycles. The average molecular weight is 423 g/mol. The van der Waals surface area contributed by atoms with Crippen LogP contribution in [-0.4, -0.2) is 19.4 Å². The number of halogens is 3. The molecule has 4 heteroatoms. The maximum absolute atomic E-state index is 13.2. The van der Waals surface area contributed by atoms with Crippen molar-refractivity contribution < 1.29 is 17.9 Å². The molecule has 1 atom stereocenters. The molecule has 0 spiro atoms. The van der Waals surface area contributed by atoms with Gasteiger partial charge < -0.3 is 4.74 Å². The van der Waals surface area contributed by atoms with Crippen LogP contribution in [0.15, 0.2) is 0 Å². The van der Waals surface area contributed by atoms with Crippen LogP contribution in [0.4, 0.5) is 13.2 Å². The quantitative estimate of drug-likeness (QED) is 0.158. The van der Waals surface area contributed by atoms with Gasteiger partial charge in [0.15, 0.2) is 0 Å². The van der Waals surface area contributed by atoms with Gasteiger partial charge in [-0.1, -0.05) is 110 Å². The molecule has 0 aliphatic heterocycles. The summed E-state index contributed by atoms with van der Waals surface area (Å²) < 4.78 is 45.3. The van der Waals surface area contributed by atoms with Crippen molar-refractivity contribution in [1.29, 1.82) is 0 Å². The summed E-state index contributed by atoms with van der Waals surface area (Å²) in [5, 5.41) is 0. The molecular weight excluding hydrogens is 373 g/mol. The zero-order valence-electron chi connectivity index (χ0n) is 19.5. The normalized spacial score (nSPS) is 13.1. The summed E-state index contributed by atoms with van der Waals surface area (Å²) >= 11 is 0. The first kappa shape index (κ1) is 28.8. The van der Waals surface area contributed by atoms with Crippen LogP contribution in [0.5, 0.6) is 0 Å². The standard InChI is InChI=1S/C25H49F3O/c1-3-5-7-9-11-12-16-20-24(25(26,27)28)21-17-13-15-19-23-29-22-18-14-10-8-6-4-2/h24H,3-23H2,1-2H3. The largest absolute Gasteiger partial charge is 0.391 e. The average Bonchev–Trinajstić information content (AvgIpc) is 2.68. The number of hydrogen-bond donors (Lipinski definition) is 0. The Hall–Kier alpha value is -0.250. The van der Waals surface area contributed by atoms with Crippen LogP contribution in [0.25, 0.3) is 0 Å². The predicted octanol–water partition coefficient (Wildman–Crippen LogP) is 9.63. The van der Waals surface area contributed by atoms with Crippen LogP contribution >= 0.6 is 0 Å². The molecule has 29 heavy (non-hydrogen) atoms. The van der Waals surface area contributed by atoms with Gasteiger partial charge in [0.1, 0.15) is 0 Å². The molecule has 0 aromatic heterocycles. The van der Waals surface area contributed by atoms with E-state index in [1.165, 1.54) is 57.8 Å². The number of ether oxygens (including phenoxy) is 1. The van der Waals surface area contributed by atoms with Crippen molar-refractivity contribution in [2.75, 3.05) is 13.2 Å². The second-order valence-electron chi connectivity index (χ2n) is 8.73. The highest BCUT2D eigenvalue weighted by molar-refractivity contribution is 4.68. The topological polar surface area (TPSA) is 9.23 Å². The molecular formula is C25H49F3O. The maximum atomic E-state index is 13.2. The van der Waals surface area contributed by atoms with Crippen LogP contribution < -0.4 is 0 Å². The van der Waals surface area contributed by atoms with Crippen molar-refractivity contribution in [2.45, 2.75) is 142 Å². The van der Waals surface area contributed by atoms with E-state index in [0.29, 0.717) is 19.3 Å². The third-order valence-electron chi connectivity index (χ3n) is 5.85. The Morgan fingerprint density at radius 2 is 0.862 bits per heavy atom. The van der Waals surface area contributed by atoms with E-state index < -0.39 is 12.1 Å². The minimum absolute atomic E-state index is 0.304. The summed E-state index contributed by atoms with van der Waals surface area (Å²) in [5.74, 6) is -1.10. The van der Waals surface area contributed by atoms with Gasteiger partial charge >= 0.3 is 6.18 Å². The molecule has 0 amide bonds. The van der Waals surface area contributed by atoms with Crippen LogP contribution in [0.2, 0.25) is 0 Å².